The van der Waals surface area contributed by atoms with Gasteiger partial charge in [-0.15, -0.1) is 0 Å². The molecule has 0 spiro atoms. The third-order valence-electron chi connectivity index (χ3n) is 5.26. The first kappa shape index (κ1) is 17.3. The minimum Gasteiger partial charge on any atom is -0.358 e. The van der Waals surface area contributed by atoms with E-state index in [1.165, 1.54) is 16.3 Å². The molecule has 4 rings (SSSR count). The smallest absolute Gasteiger partial charge is 0.227 e. The van der Waals surface area contributed by atoms with E-state index in [2.05, 4.69) is 60.4 Å². The van der Waals surface area contributed by atoms with E-state index in [1.54, 1.807) is 0 Å². The number of aromatic amines is 1. The van der Waals surface area contributed by atoms with Gasteiger partial charge in [0, 0.05) is 30.2 Å². The van der Waals surface area contributed by atoms with Crippen LogP contribution in [0.4, 0.5) is 0 Å². The number of amides is 1. The van der Waals surface area contributed by atoms with Gasteiger partial charge in [0.2, 0.25) is 5.91 Å². The van der Waals surface area contributed by atoms with E-state index < -0.39 is 0 Å². The number of hydrogen-bond donors (Lipinski definition) is 1. The molecule has 0 aliphatic heterocycles. The molecule has 0 radical (unpaired) electrons. The normalized spacial score (nSPS) is 11.2. The highest BCUT2D eigenvalue weighted by Gasteiger charge is 2.16. The summed E-state index contributed by atoms with van der Waals surface area (Å²) in [4.78, 5) is 18.1. The van der Waals surface area contributed by atoms with E-state index in [0.29, 0.717) is 13.0 Å². The van der Waals surface area contributed by atoms with Gasteiger partial charge < -0.3 is 9.88 Å². The van der Waals surface area contributed by atoms with Crippen LogP contribution in [0.3, 0.4) is 0 Å². The molecule has 4 aromatic rings. The predicted octanol–water partition coefficient (Wildman–Crippen LogP) is 5.14. The van der Waals surface area contributed by atoms with Gasteiger partial charge in [-0.05, 0) is 53.9 Å². The molecule has 3 nitrogen and oxygen atoms in total. The fourth-order valence-electron chi connectivity index (χ4n) is 3.71. The maximum Gasteiger partial charge on any atom is 0.227 e. The lowest BCUT2D eigenvalue weighted by Gasteiger charge is -2.18. The monoisotopic (exact) mass is 356 g/mol. The third kappa shape index (κ3) is 3.45. The van der Waals surface area contributed by atoms with Crippen LogP contribution in [0, 0.1) is 13.8 Å². The third-order valence-corrected chi connectivity index (χ3v) is 5.26. The number of aryl methyl sites for hydroxylation is 2. The average Bonchev–Trinajstić information content (AvgIpc) is 2.96. The number of nitrogens with one attached hydrogen (secondary N) is 1. The van der Waals surface area contributed by atoms with Crippen molar-refractivity contribution in [3.05, 3.63) is 83.0 Å². The number of carbonyl (C=O) groups excluding carboxylic acids is 1. The highest BCUT2D eigenvalue weighted by molar-refractivity contribution is 5.90. The van der Waals surface area contributed by atoms with Crippen LogP contribution in [0.5, 0.6) is 0 Å². The second-order valence-electron chi connectivity index (χ2n) is 7.39. The van der Waals surface area contributed by atoms with E-state index in [0.717, 1.165) is 27.7 Å². The van der Waals surface area contributed by atoms with Crippen LogP contribution in [0.15, 0.2) is 60.7 Å². The summed E-state index contributed by atoms with van der Waals surface area (Å²) in [6, 6.07) is 21.0. The van der Waals surface area contributed by atoms with Crippen LogP contribution in [0.2, 0.25) is 0 Å². The number of rotatable bonds is 4. The summed E-state index contributed by atoms with van der Waals surface area (Å²) in [6.07, 6.45) is 0.416. The van der Waals surface area contributed by atoms with Gasteiger partial charge in [0.25, 0.3) is 0 Å². The number of carbonyl (C=O) groups is 1. The molecular formula is C24H24N2O. The van der Waals surface area contributed by atoms with Gasteiger partial charge in [-0.25, -0.2) is 0 Å². The van der Waals surface area contributed by atoms with E-state index >= 15 is 0 Å². The number of H-pyrrole nitrogens is 1. The second kappa shape index (κ2) is 6.92. The van der Waals surface area contributed by atoms with Crippen molar-refractivity contribution in [1.29, 1.82) is 0 Å². The molecule has 1 N–H and O–H groups in total. The number of hydrogen-bond acceptors (Lipinski definition) is 1. The number of nitrogens with zero attached hydrogens (tertiary/aromatic N) is 1. The minimum absolute atomic E-state index is 0.133. The molecule has 0 aliphatic carbocycles. The molecule has 27 heavy (non-hydrogen) atoms. The molecule has 136 valence electrons. The maximum absolute atomic E-state index is 12.9. The predicted molar refractivity (Wildman–Crippen MR) is 112 cm³/mol. The Morgan fingerprint density at radius 3 is 2.56 bits per heavy atom. The summed E-state index contributed by atoms with van der Waals surface area (Å²) < 4.78 is 0. The summed E-state index contributed by atoms with van der Waals surface area (Å²) >= 11 is 0. The lowest BCUT2D eigenvalue weighted by Crippen LogP contribution is -2.27. The van der Waals surface area contributed by atoms with Crippen LogP contribution in [0.25, 0.3) is 21.7 Å². The van der Waals surface area contributed by atoms with Gasteiger partial charge in [0.05, 0.1) is 6.42 Å². The molecule has 0 aliphatic rings. The molecule has 1 heterocycles. The van der Waals surface area contributed by atoms with Gasteiger partial charge in [-0.2, -0.15) is 0 Å². The molecule has 0 bridgehead atoms. The topological polar surface area (TPSA) is 36.1 Å². The van der Waals surface area contributed by atoms with Crippen molar-refractivity contribution in [2.75, 3.05) is 7.05 Å². The minimum atomic E-state index is 0.133. The lowest BCUT2D eigenvalue weighted by atomic mass is 10.0. The van der Waals surface area contributed by atoms with Crippen LogP contribution >= 0.6 is 0 Å². The molecule has 0 fully saturated rings. The van der Waals surface area contributed by atoms with Gasteiger partial charge >= 0.3 is 0 Å². The van der Waals surface area contributed by atoms with Gasteiger partial charge in [-0.1, -0.05) is 48.0 Å². The fraction of sp³-hybridized carbons (Fsp3) is 0.208. The Kier molecular flexibility index (Phi) is 4.44. The maximum atomic E-state index is 12.9. The van der Waals surface area contributed by atoms with Gasteiger partial charge in [0.1, 0.15) is 0 Å². The highest BCUT2D eigenvalue weighted by Crippen LogP contribution is 2.24. The molecule has 3 heteroatoms. The highest BCUT2D eigenvalue weighted by atomic mass is 16.2. The van der Waals surface area contributed by atoms with Gasteiger partial charge in [0.15, 0.2) is 0 Å². The lowest BCUT2D eigenvalue weighted by molar-refractivity contribution is -0.129. The SMILES string of the molecule is Cc1ccc2[nH]c(C)c(CC(=O)N(C)Cc3ccc4ccccc4c3)c2c1. The van der Waals surface area contributed by atoms with Crippen molar-refractivity contribution >= 4 is 27.6 Å². The fourth-order valence-corrected chi connectivity index (χ4v) is 3.71. The quantitative estimate of drug-likeness (QED) is 0.540. The first-order valence-corrected chi connectivity index (χ1v) is 9.31. The van der Waals surface area contributed by atoms with Crippen molar-refractivity contribution in [2.24, 2.45) is 0 Å². The number of fused-ring (bicyclic) bond motifs is 2. The molecular weight excluding hydrogens is 332 g/mol. The van der Waals surface area contributed by atoms with Crippen LogP contribution in [-0.4, -0.2) is 22.8 Å². The summed E-state index contributed by atoms with van der Waals surface area (Å²) in [6.45, 7) is 4.74. The Labute approximate surface area is 159 Å². The zero-order valence-corrected chi connectivity index (χ0v) is 16.0. The molecule has 0 unspecified atom stereocenters. The molecule has 1 amide bonds. The molecule has 0 saturated carbocycles. The molecule has 0 saturated heterocycles. The number of benzene rings is 3. The summed E-state index contributed by atoms with van der Waals surface area (Å²) in [5.41, 5.74) is 5.63. The Morgan fingerprint density at radius 1 is 0.963 bits per heavy atom. The largest absolute Gasteiger partial charge is 0.358 e. The van der Waals surface area contributed by atoms with Crippen molar-refractivity contribution in [1.82, 2.24) is 9.88 Å². The number of aromatic nitrogens is 1. The Bertz CT molecular complexity index is 1140. The first-order chi connectivity index (χ1) is 13.0. The van der Waals surface area contributed by atoms with E-state index in [1.807, 2.05) is 31.0 Å². The zero-order valence-electron chi connectivity index (χ0n) is 16.0. The summed E-state index contributed by atoms with van der Waals surface area (Å²) in [5.74, 6) is 0.133. The van der Waals surface area contributed by atoms with E-state index in [4.69, 9.17) is 0 Å². The second-order valence-corrected chi connectivity index (χ2v) is 7.39. The molecule has 3 aromatic carbocycles. The van der Waals surface area contributed by atoms with Crippen molar-refractivity contribution < 1.29 is 4.79 Å². The Morgan fingerprint density at radius 2 is 1.74 bits per heavy atom. The Hall–Kier alpha value is -3.07. The summed E-state index contributed by atoms with van der Waals surface area (Å²) in [5, 5.41) is 3.58. The van der Waals surface area contributed by atoms with Crippen LogP contribution in [0.1, 0.15) is 22.4 Å². The Balaban J connectivity index is 1.54. The van der Waals surface area contributed by atoms with Gasteiger partial charge in [-0.3, -0.25) is 4.79 Å². The zero-order chi connectivity index (χ0) is 19.0. The van der Waals surface area contributed by atoms with Crippen LogP contribution in [-0.2, 0) is 17.8 Å². The van der Waals surface area contributed by atoms with E-state index in [-0.39, 0.29) is 5.91 Å². The average molecular weight is 356 g/mol. The first-order valence-electron chi connectivity index (χ1n) is 9.31. The summed E-state index contributed by atoms with van der Waals surface area (Å²) in [7, 11) is 1.88. The van der Waals surface area contributed by atoms with Crippen LogP contribution < -0.4 is 0 Å². The number of likely N-dealkylation sites (N-methyl/N-ethyl adjacent to an activating group) is 1. The van der Waals surface area contributed by atoms with Crippen molar-refractivity contribution in [3.63, 3.8) is 0 Å². The van der Waals surface area contributed by atoms with E-state index in [9.17, 15) is 4.79 Å². The van der Waals surface area contributed by atoms with Crippen molar-refractivity contribution in [2.45, 2.75) is 26.8 Å². The molecule has 0 atom stereocenters. The van der Waals surface area contributed by atoms with Crippen molar-refractivity contribution in [3.8, 4) is 0 Å². The molecule has 1 aromatic heterocycles. The standard InChI is InChI=1S/C24H24N2O/c1-16-8-11-23-22(12-16)21(17(2)25-23)14-24(27)26(3)15-18-9-10-19-6-4-5-7-20(19)13-18/h4-13,25H,14-15H2,1-3H3.